The molecule has 0 saturated carbocycles. The van der Waals surface area contributed by atoms with Crippen LogP contribution in [0.5, 0.6) is 5.75 Å². The second-order valence-corrected chi connectivity index (χ2v) is 8.65. The van der Waals surface area contributed by atoms with E-state index in [1.54, 1.807) is 17.0 Å². The molecule has 27 heavy (non-hydrogen) atoms. The fourth-order valence-corrected chi connectivity index (χ4v) is 4.79. The Bertz CT molecular complexity index is 891. The average molecular weight is 412 g/mol. The topological polar surface area (TPSA) is 124 Å². The van der Waals surface area contributed by atoms with Crippen molar-refractivity contribution in [1.29, 1.82) is 0 Å². The molecule has 2 aromatic rings. The van der Waals surface area contributed by atoms with Crippen molar-refractivity contribution in [2.24, 2.45) is 0 Å². The summed E-state index contributed by atoms with van der Waals surface area (Å²) in [5, 5.41) is 7.90. The number of hydrogen-bond acceptors (Lipinski definition) is 8. The van der Waals surface area contributed by atoms with E-state index in [4.69, 9.17) is 10.6 Å². The zero-order chi connectivity index (χ0) is 19.4. The summed E-state index contributed by atoms with van der Waals surface area (Å²) in [6.07, 6.45) is 1.36. The van der Waals surface area contributed by atoms with E-state index in [1.165, 1.54) is 46.3 Å². The van der Waals surface area contributed by atoms with Crippen molar-refractivity contribution in [1.82, 2.24) is 24.1 Å². The van der Waals surface area contributed by atoms with Crippen molar-refractivity contribution < 1.29 is 17.9 Å². The molecule has 12 heteroatoms. The van der Waals surface area contributed by atoms with Crippen LogP contribution in [0.4, 0.5) is 0 Å². The van der Waals surface area contributed by atoms with Crippen LogP contribution in [0.1, 0.15) is 0 Å². The molecule has 1 aromatic heterocycles. The molecular weight excluding hydrogens is 392 g/mol. The molecule has 1 amide bonds. The Kier molecular flexibility index (Phi) is 5.87. The molecule has 146 valence electrons. The van der Waals surface area contributed by atoms with Gasteiger partial charge in [-0.1, -0.05) is 11.8 Å². The van der Waals surface area contributed by atoms with E-state index in [0.29, 0.717) is 24.0 Å². The minimum Gasteiger partial charge on any atom is -0.497 e. The summed E-state index contributed by atoms with van der Waals surface area (Å²) < 4.78 is 33.1. The van der Waals surface area contributed by atoms with E-state index >= 15 is 0 Å². The van der Waals surface area contributed by atoms with Crippen LogP contribution in [-0.2, 0) is 14.8 Å². The molecule has 2 heterocycles. The van der Waals surface area contributed by atoms with Gasteiger partial charge >= 0.3 is 0 Å². The van der Waals surface area contributed by atoms with Crippen LogP contribution < -0.4 is 10.6 Å². The third-order valence-corrected chi connectivity index (χ3v) is 7.01. The SMILES string of the molecule is COc1ccc(S(=O)(=O)N2CCN(C(=O)CSc3nncn3N)CC2)cc1. The number of ether oxygens (including phenoxy) is 1. The first-order valence-corrected chi connectivity index (χ1v) is 10.5. The monoisotopic (exact) mass is 412 g/mol. The summed E-state index contributed by atoms with van der Waals surface area (Å²) in [5.74, 6) is 6.28. The zero-order valence-electron chi connectivity index (χ0n) is 14.7. The van der Waals surface area contributed by atoms with Gasteiger partial charge in [-0.25, -0.2) is 13.1 Å². The van der Waals surface area contributed by atoms with Gasteiger partial charge in [0.05, 0.1) is 17.8 Å². The number of piperazine rings is 1. The van der Waals surface area contributed by atoms with E-state index in [0.717, 1.165) is 0 Å². The number of carbonyl (C=O) groups is 1. The van der Waals surface area contributed by atoms with Gasteiger partial charge < -0.3 is 15.5 Å². The van der Waals surface area contributed by atoms with Crippen molar-refractivity contribution in [3.05, 3.63) is 30.6 Å². The van der Waals surface area contributed by atoms with E-state index in [2.05, 4.69) is 10.2 Å². The number of amides is 1. The van der Waals surface area contributed by atoms with Gasteiger partial charge in [-0.3, -0.25) is 4.79 Å². The summed E-state index contributed by atoms with van der Waals surface area (Å²) in [4.78, 5) is 14.2. The highest BCUT2D eigenvalue weighted by atomic mass is 32.2. The highest BCUT2D eigenvalue weighted by molar-refractivity contribution is 7.99. The van der Waals surface area contributed by atoms with Gasteiger partial charge in [-0.2, -0.15) is 4.31 Å². The molecule has 1 fully saturated rings. The van der Waals surface area contributed by atoms with Crippen molar-refractivity contribution in [2.75, 3.05) is 44.9 Å². The summed E-state index contributed by atoms with van der Waals surface area (Å²) in [7, 11) is -2.07. The number of sulfonamides is 1. The van der Waals surface area contributed by atoms with E-state index < -0.39 is 10.0 Å². The number of thioether (sulfide) groups is 1. The van der Waals surface area contributed by atoms with Crippen molar-refractivity contribution in [2.45, 2.75) is 10.1 Å². The molecule has 1 aromatic carbocycles. The largest absolute Gasteiger partial charge is 0.497 e. The number of nitrogens with two attached hydrogens (primary N) is 1. The number of benzene rings is 1. The Morgan fingerprint density at radius 3 is 2.44 bits per heavy atom. The number of rotatable bonds is 6. The number of carbonyl (C=O) groups excluding carboxylic acids is 1. The van der Waals surface area contributed by atoms with E-state index in [9.17, 15) is 13.2 Å². The molecule has 10 nitrogen and oxygen atoms in total. The maximum atomic E-state index is 12.7. The fourth-order valence-electron chi connectivity index (χ4n) is 2.63. The highest BCUT2D eigenvalue weighted by Gasteiger charge is 2.30. The number of nitrogens with zero attached hydrogens (tertiary/aromatic N) is 5. The van der Waals surface area contributed by atoms with Gasteiger partial charge in [0.15, 0.2) is 0 Å². The van der Waals surface area contributed by atoms with E-state index in [-0.39, 0.29) is 29.6 Å². The van der Waals surface area contributed by atoms with Crippen LogP contribution >= 0.6 is 11.8 Å². The summed E-state index contributed by atoms with van der Waals surface area (Å²) in [5.41, 5.74) is 0. The Morgan fingerprint density at radius 1 is 1.22 bits per heavy atom. The lowest BCUT2D eigenvalue weighted by Gasteiger charge is -2.34. The van der Waals surface area contributed by atoms with Gasteiger partial charge in [0, 0.05) is 26.2 Å². The minimum absolute atomic E-state index is 0.0931. The molecule has 0 atom stereocenters. The van der Waals surface area contributed by atoms with Crippen LogP contribution in [0.15, 0.2) is 40.6 Å². The van der Waals surface area contributed by atoms with Gasteiger partial charge in [-0.05, 0) is 24.3 Å². The van der Waals surface area contributed by atoms with Gasteiger partial charge in [-0.15, -0.1) is 10.2 Å². The van der Waals surface area contributed by atoms with Crippen LogP contribution in [0.2, 0.25) is 0 Å². The van der Waals surface area contributed by atoms with Gasteiger partial charge in [0.1, 0.15) is 12.1 Å². The molecule has 1 aliphatic rings. The standard InChI is InChI=1S/C15H20N6O4S2/c1-25-12-2-4-13(5-3-12)27(23,24)20-8-6-19(7-9-20)14(22)10-26-15-18-17-11-21(15)16/h2-5,11H,6-10,16H2,1H3. The summed E-state index contributed by atoms with van der Waals surface area (Å²) >= 11 is 1.19. The van der Waals surface area contributed by atoms with Crippen molar-refractivity contribution >= 4 is 27.7 Å². The highest BCUT2D eigenvalue weighted by Crippen LogP contribution is 2.21. The Balaban J connectivity index is 1.55. The second kappa shape index (κ2) is 8.15. The Labute approximate surface area is 161 Å². The third-order valence-electron chi connectivity index (χ3n) is 4.15. The Hall–Kier alpha value is -2.31. The van der Waals surface area contributed by atoms with E-state index in [1.807, 2.05) is 0 Å². The smallest absolute Gasteiger partial charge is 0.243 e. The van der Waals surface area contributed by atoms with Gasteiger partial charge in [0.25, 0.3) is 0 Å². The molecule has 0 unspecified atom stereocenters. The minimum atomic E-state index is -3.59. The summed E-state index contributed by atoms with van der Waals surface area (Å²) in [6, 6.07) is 6.26. The molecule has 0 spiro atoms. The average Bonchev–Trinajstić information content (AvgIpc) is 3.11. The maximum Gasteiger partial charge on any atom is 0.243 e. The lowest BCUT2D eigenvalue weighted by molar-refractivity contribution is -0.129. The second-order valence-electron chi connectivity index (χ2n) is 5.77. The Morgan fingerprint density at radius 2 is 1.89 bits per heavy atom. The van der Waals surface area contributed by atoms with Crippen LogP contribution in [-0.4, -0.2) is 77.4 Å². The predicted molar refractivity (Wildman–Crippen MR) is 99.2 cm³/mol. The zero-order valence-corrected chi connectivity index (χ0v) is 16.3. The van der Waals surface area contributed by atoms with Crippen molar-refractivity contribution in [3.8, 4) is 5.75 Å². The molecule has 1 aliphatic heterocycles. The third kappa shape index (κ3) is 4.34. The number of methoxy groups -OCH3 is 1. The lowest BCUT2D eigenvalue weighted by atomic mass is 10.3. The quantitative estimate of drug-likeness (QED) is 0.503. The lowest BCUT2D eigenvalue weighted by Crippen LogP contribution is -2.51. The molecule has 3 rings (SSSR count). The first kappa shape index (κ1) is 19.5. The molecule has 0 radical (unpaired) electrons. The molecule has 1 saturated heterocycles. The fraction of sp³-hybridized carbons (Fsp3) is 0.400. The van der Waals surface area contributed by atoms with Crippen LogP contribution in [0, 0.1) is 0 Å². The molecular formula is C15H20N6O4S2. The normalized spacial score (nSPS) is 15.7. The first-order valence-electron chi connectivity index (χ1n) is 8.11. The first-order chi connectivity index (χ1) is 12.9. The number of aromatic nitrogens is 3. The summed E-state index contributed by atoms with van der Waals surface area (Å²) in [6.45, 7) is 1.17. The predicted octanol–water partition coefficient (Wildman–Crippen LogP) is -0.374. The number of hydrogen-bond donors (Lipinski definition) is 1. The molecule has 0 bridgehead atoms. The van der Waals surface area contributed by atoms with Gasteiger partial charge in [0.2, 0.25) is 21.1 Å². The molecule has 2 N–H and O–H groups in total. The van der Waals surface area contributed by atoms with Crippen LogP contribution in [0.3, 0.4) is 0 Å². The van der Waals surface area contributed by atoms with Crippen LogP contribution in [0.25, 0.3) is 0 Å². The number of nitrogen functional groups attached to an aromatic ring is 1. The van der Waals surface area contributed by atoms with Crippen molar-refractivity contribution in [3.63, 3.8) is 0 Å². The maximum absolute atomic E-state index is 12.7. The molecule has 0 aliphatic carbocycles.